The van der Waals surface area contributed by atoms with Crippen molar-refractivity contribution >= 4 is 12.2 Å². The summed E-state index contributed by atoms with van der Waals surface area (Å²) in [6.07, 6.45) is -3.33. The molecule has 5 nitrogen and oxygen atoms in total. The van der Waals surface area contributed by atoms with Crippen molar-refractivity contribution in [2.75, 3.05) is 6.54 Å². The number of halogens is 4. The van der Waals surface area contributed by atoms with E-state index in [0.29, 0.717) is 25.0 Å². The highest BCUT2D eigenvalue weighted by atomic mass is 19.4. The molecule has 0 amide bonds. The molecule has 0 bridgehead atoms. The van der Waals surface area contributed by atoms with Crippen molar-refractivity contribution in [2.45, 2.75) is 25.7 Å². The van der Waals surface area contributed by atoms with Gasteiger partial charge in [-0.2, -0.15) is 13.2 Å². The molecule has 132 valence electrons. The lowest BCUT2D eigenvalue weighted by Crippen LogP contribution is -2.21. The minimum Gasteiger partial charge on any atom is -0.451 e. The van der Waals surface area contributed by atoms with Gasteiger partial charge in [-0.05, 0) is 12.1 Å². The highest BCUT2D eigenvalue weighted by molar-refractivity contribution is 5.76. The van der Waals surface area contributed by atoms with Gasteiger partial charge in [0.25, 0.3) is 0 Å². The number of hydrogen-bond donors (Lipinski definition) is 0. The van der Waals surface area contributed by atoms with Crippen LogP contribution in [-0.2, 0) is 22.3 Å². The Kier molecular flexibility index (Phi) is 4.32. The molecule has 0 saturated carbocycles. The number of hydrogen-bond acceptors (Lipinski definition) is 4. The first-order valence-electron chi connectivity index (χ1n) is 7.36. The number of aliphatic imine (C=N–C) groups is 1. The van der Waals surface area contributed by atoms with Crippen molar-refractivity contribution in [1.29, 1.82) is 0 Å². The fourth-order valence-electron chi connectivity index (χ4n) is 2.72. The minimum absolute atomic E-state index is 0.272. The molecule has 0 N–H and O–H groups in total. The summed E-state index contributed by atoms with van der Waals surface area (Å²) in [7, 11) is 0. The Morgan fingerprint density at radius 1 is 1.36 bits per heavy atom. The number of nitrogens with zero attached hydrogens (tertiary/aromatic N) is 3. The second-order valence-corrected chi connectivity index (χ2v) is 5.45. The van der Waals surface area contributed by atoms with E-state index in [4.69, 9.17) is 4.74 Å². The van der Waals surface area contributed by atoms with Crippen molar-refractivity contribution in [1.82, 2.24) is 9.55 Å². The number of carbonyl (C=O) groups is 1. The average molecular weight is 355 g/mol. The van der Waals surface area contributed by atoms with Gasteiger partial charge in [0.05, 0.1) is 30.2 Å². The van der Waals surface area contributed by atoms with Gasteiger partial charge in [-0.1, -0.05) is 6.07 Å². The van der Waals surface area contributed by atoms with Crippen LogP contribution in [-0.4, -0.2) is 28.3 Å². The molecule has 1 aliphatic heterocycles. The third kappa shape index (κ3) is 3.40. The Bertz CT molecular complexity index is 842. The first-order valence-corrected chi connectivity index (χ1v) is 7.36. The molecule has 2 aromatic rings. The highest BCUT2D eigenvalue weighted by Crippen LogP contribution is 2.38. The van der Waals surface area contributed by atoms with Crippen LogP contribution in [0.15, 0.2) is 29.4 Å². The maximum Gasteiger partial charge on any atom is 0.416 e. The van der Waals surface area contributed by atoms with Crippen LogP contribution in [0.3, 0.4) is 0 Å². The van der Waals surface area contributed by atoms with Crippen LogP contribution in [0.1, 0.15) is 35.7 Å². The monoisotopic (exact) mass is 355 g/mol. The summed E-state index contributed by atoms with van der Waals surface area (Å²) < 4.78 is 60.2. The van der Waals surface area contributed by atoms with Crippen molar-refractivity contribution in [3.8, 4) is 0 Å². The summed E-state index contributed by atoms with van der Waals surface area (Å²) >= 11 is 0. The van der Waals surface area contributed by atoms with Crippen molar-refractivity contribution < 1.29 is 27.1 Å². The molecule has 3 rings (SSSR count). The van der Waals surface area contributed by atoms with E-state index in [9.17, 15) is 22.4 Å². The molecule has 9 heteroatoms. The number of benzene rings is 1. The number of alkyl halides is 3. The maximum absolute atomic E-state index is 13.4. The largest absolute Gasteiger partial charge is 0.451 e. The van der Waals surface area contributed by atoms with Crippen LogP contribution in [0, 0.1) is 5.82 Å². The van der Waals surface area contributed by atoms with Crippen LogP contribution >= 0.6 is 0 Å². The Labute approximate surface area is 140 Å². The Morgan fingerprint density at radius 2 is 2.12 bits per heavy atom. The fraction of sp³-hybridized carbons (Fsp3) is 0.312. The van der Waals surface area contributed by atoms with Gasteiger partial charge in [-0.3, -0.25) is 9.79 Å². The van der Waals surface area contributed by atoms with Gasteiger partial charge < -0.3 is 9.30 Å². The van der Waals surface area contributed by atoms with Gasteiger partial charge >= 0.3 is 12.1 Å². The van der Waals surface area contributed by atoms with Gasteiger partial charge in [-0.15, -0.1) is 0 Å². The van der Waals surface area contributed by atoms with Gasteiger partial charge in [-0.25, -0.2) is 9.37 Å². The van der Waals surface area contributed by atoms with Crippen molar-refractivity contribution in [3.63, 3.8) is 0 Å². The lowest BCUT2D eigenvalue weighted by Gasteiger charge is -2.23. The second-order valence-electron chi connectivity index (χ2n) is 5.45. The number of ether oxygens (including phenoxy) is 1. The summed E-state index contributed by atoms with van der Waals surface area (Å²) in [5, 5.41) is 0. The maximum atomic E-state index is 13.4. The Hall–Kier alpha value is -2.71. The zero-order valence-electron chi connectivity index (χ0n) is 13.0. The second kappa shape index (κ2) is 6.30. The molecule has 1 aromatic carbocycles. The molecular formula is C16H13F4N3O2. The summed E-state index contributed by atoms with van der Waals surface area (Å²) in [4.78, 5) is 19.6. The van der Waals surface area contributed by atoms with Crippen LogP contribution in [0.2, 0.25) is 0 Å². The van der Waals surface area contributed by atoms with Gasteiger partial charge in [0.1, 0.15) is 5.82 Å². The summed E-state index contributed by atoms with van der Waals surface area (Å²) in [6.45, 7) is 1.92. The fourth-order valence-corrected chi connectivity index (χ4v) is 2.72. The van der Waals surface area contributed by atoms with E-state index in [1.807, 2.05) is 0 Å². The summed E-state index contributed by atoms with van der Waals surface area (Å²) in [5.41, 5.74) is -1.28. The third-order valence-corrected chi connectivity index (χ3v) is 3.73. The normalized spacial score (nSPS) is 14.9. The number of imidazole rings is 1. The SMILES string of the molecule is CC(=O)OC(c1ccc(F)cc1C(F)(F)F)c1cnc2n1CCN=C2. The van der Waals surface area contributed by atoms with Crippen molar-refractivity contribution in [2.24, 2.45) is 4.99 Å². The average Bonchev–Trinajstić information content (AvgIpc) is 2.95. The van der Waals surface area contributed by atoms with Crippen LogP contribution in [0.5, 0.6) is 0 Å². The van der Waals surface area contributed by atoms with Gasteiger partial charge in [0.15, 0.2) is 11.9 Å². The molecule has 1 atom stereocenters. The number of esters is 1. The highest BCUT2D eigenvalue weighted by Gasteiger charge is 2.38. The zero-order valence-corrected chi connectivity index (χ0v) is 13.0. The zero-order chi connectivity index (χ0) is 18.2. The quantitative estimate of drug-likeness (QED) is 0.628. The number of aromatic nitrogens is 2. The first kappa shape index (κ1) is 17.1. The van der Waals surface area contributed by atoms with E-state index >= 15 is 0 Å². The van der Waals surface area contributed by atoms with E-state index in [0.717, 1.165) is 19.1 Å². The smallest absolute Gasteiger partial charge is 0.416 e. The molecule has 0 saturated heterocycles. The molecule has 1 aliphatic rings. The molecular weight excluding hydrogens is 342 g/mol. The molecule has 1 unspecified atom stereocenters. The lowest BCUT2D eigenvalue weighted by molar-refractivity contribution is -0.148. The lowest BCUT2D eigenvalue weighted by atomic mass is 9.99. The molecule has 1 aromatic heterocycles. The Morgan fingerprint density at radius 3 is 2.80 bits per heavy atom. The van der Waals surface area contributed by atoms with Gasteiger partial charge in [0.2, 0.25) is 0 Å². The number of carbonyl (C=O) groups excluding carboxylic acids is 1. The molecule has 0 spiro atoms. The molecule has 0 aliphatic carbocycles. The molecule has 0 fully saturated rings. The first-order chi connectivity index (χ1) is 11.8. The predicted octanol–water partition coefficient (Wildman–Crippen LogP) is 3.13. The van der Waals surface area contributed by atoms with Crippen LogP contribution in [0.4, 0.5) is 17.6 Å². The topological polar surface area (TPSA) is 56.5 Å². The third-order valence-electron chi connectivity index (χ3n) is 3.73. The molecule has 2 heterocycles. The van der Waals surface area contributed by atoms with E-state index in [1.54, 1.807) is 4.57 Å². The van der Waals surface area contributed by atoms with E-state index < -0.39 is 29.6 Å². The van der Waals surface area contributed by atoms with E-state index in [-0.39, 0.29) is 11.3 Å². The summed E-state index contributed by atoms with van der Waals surface area (Å²) in [6, 6.07) is 2.26. The molecule has 0 radical (unpaired) electrons. The number of fused-ring (bicyclic) bond motifs is 1. The van der Waals surface area contributed by atoms with E-state index in [2.05, 4.69) is 9.98 Å². The van der Waals surface area contributed by atoms with E-state index in [1.165, 1.54) is 12.4 Å². The predicted molar refractivity (Wildman–Crippen MR) is 79.7 cm³/mol. The number of rotatable bonds is 3. The van der Waals surface area contributed by atoms with Gasteiger partial charge in [0, 0.05) is 19.0 Å². The minimum atomic E-state index is -4.80. The Balaban J connectivity index is 2.17. The molecule has 25 heavy (non-hydrogen) atoms. The standard InChI is InChI=1S/C16H13F4N3O2/c1-9(24)25-15(13-7-22-14-8-21-4-5-23(13)14)11-3-2-10(17)6-12(11)16(18,19)20/h2-3,6-8,15H,4-5H2,1H3. The van der Waals surface area contributed by atoms with Crippen LogP contribution in [0.25, 0.3) is 0 Å². The van der Waals surface area contributed by atoms with Crippen LogP contribution < -0.4 is 0 Å². The summed E-state index contributed by atoms with van der Waals surface area (Å²) in [5.74, 6) is -1.34. The van der Waals surface area contributed by atoms with Crippen molar-refractivity contribution in [3.05, 3.63) is 52.9 Å².